The number of nitrogens with zero attached hydrogens (tertiary/aromatic N) is 2. The highest BCUT2D eigenvalue weighted by molar-refractivity contribution is 6.03. The van der Waals surface area contributed by atoms with E-state index in [2.05, 4.69) is 20.0 Å². The Bertz CT molecular complexity index is 625. The number of halogens is 3. The largest absolute Gasteiger partial charge is 0.573 e. The monoisotopic (exact) mass is 297 g/mol. The predicted octanol–water partition coefficient (Wildman–Crippen LogP) is 2.94. The lowest BCUT2D eigenvalue weighted by atomic mass is 10.2. The number of benzene rings is 1. The maximum absolute atomic E-state index is 12.0. The first-order valence-corrected chi connectivity index (χ1v) is 5.79. The zero-order valence-electron chi connectivity index (χ0n) is 10.8. The minimum Gasteiger partial charge on any atom is -0.406 e. The van der Waals surface area contributed by atoms with Crippen LogP contribution in [0.15, 0.2) is 36.7 Å². The SMILES string of the molecule is Cc1ncc(C(=O)Nc2ccc(OC(F)(F)F)cc2)cn1. The van der Waals surface area contributed by atoms with Crippen LogP contribution in [-0.4, -0.2) is 22.2 Å². The van der Waals surface area contributed by atoms with Gasteiger partial charge in [-0.05, 0) is 31.2 Å². The maximum Gasteiger partial charge on any atom is 0.573 e. The van der Waals surface area contributed by atoms with E-state index in [1.54, 1.807) is 6.92 Å². The number of amides is 1. The van der Waals surface area contributed by atoms with Gasteiger partial charge in [-0.15, -0.1) is 13.2 Å². The van der Waals surface area contributed by atoms with Crippen molar-refractivity contribution in [2.45, 2.75) is 13.3 Å². The summed E-state index contributed by atoms with van der Waals surface area (Å²) in [6, 6.07) is 4.81. The average molecular weight is 297 g/mol. The third-order valence-corrected chi connectivity index (χ3v) is 2.39. The molecule has 0 aliphatic carbocycles. The van der Waals surface area contributed by atoms with Gasteiger partial charge in [-0.3, -0.25) is 4.79 Å². The number of ether oxygens (including phenoxy) is 1. The van der Waals surface area contributed by atoms with Crippen LogP contribution >= 0.6 is 0 Å². The van der Waals surface area contributed by atoms with Crippen LogP contribution in [0.1, 0.15) is 16.2 Å². The van der Waals surface area contributed by atoms with Crippen molar-refractivity contribution >= 4 is 11.6 Å². The van der Waals surface area contributed by atoms with Crippen molar-refractivity contribution in [1.29, 1.82) is 0 Å². The molecule has 0 aliphatic heterocycles. The highest BCUT2D eigenvalue weighted by Crippen LogP contribution is 2.24. The molecular formula is C13H10F3N3O2. The quantitative estimate of drug-likeness (QED) is 0.946. The highest BCUT2D eigenvalue weighted by atomic mass is 19.4. The lowest BCUT2D eigenvalue weighted by molar-refractivity contribution is -0.274. The molecule has 0 aliphatic rings. The smallest absolute Gasteiger partial charge is 0.406 e. The van der Waals surface area contributed by atoms with Gasteiger partial charge in [0.2, 0.25) is 0 Å². The summed E-state index contributed by atoms with van der Waals surface area (Å²) in [5, 5.41) is 2.51. The van der Waals surface area contributed by atoms with Crippen LogP contribution < -0.4 is 10.1 Å². The molecule has 2 rings (SSSR count). The van der Waals surface area contributed by atoms with Gasteiger partial charge < -0.3 is 10.1 Å². The van der Waals surface area contributed by atoms with E-state index in [4.69, 9.17) is 0 Å². The molecule has 0 spiro atoms. The van der Waals surface area contributed by atoms with Crippen molar-refractivity contribution in [2.75, 3.05) is 5.32 Å². The molecule has 21 heavy (non-hydrogen) atoms. The molecule has 5 nitrogen and oxygen atoms in total. The molecule has 1 N–H and O–H groups in total. The molecule has 0 radical (unpaired) electrons. The van der Waals surface area contributed by atoms with Crippen LogP contribution in [0.2, 0.25) is 0 Å². The maximum atomic E-state index is 12.0. The fourth-order valence-corrected chi connectivity index (χ4v) is 1.45. The van der Waals surface area contributed by atoms with Gasteiger partial charge >= 0.3 is 6.36 Å². The zero-order valence-corrected chi connectivity index (χ0v) is 10.8. The number of aryl methyl sites for hydroxylation is 1. The zero-order chi connectivity index (χ0) is 15.5. The molecule has 8 heteroatoms. The van der Waals surface area contributed by atoms with Gasteiger partial charge in [-0.2, -0.15) is 0 Å². The van der Waals surface area contributed by atoms with E-state index in [-0.39, 0.29) is 11.3 Å². The van der Waals surface area contributed by atoms with Crippen LogP contribution in [0, 0.1) is 6.92 Å². The van der Waals surface area contributed by atoms with Gasteiger partial charge in [0, 0.05) is 18.1 Å². The molecule has 1 amide bonds. The van der Waals surface area contributed by atoms with E-state index in [1.807, 2.05) is 0 Å². The molecule has 0 saturated heterocycles. The number of nitrogens with one attached hydrogen (secondary N) is 1. The van der Waals surface area contributed by atoms with Crippen LogP contribution in [-0.2, 0) is 0 Å². The van der Waals surface area contributed by atoms with Crippen molar-refractivity contribution in [2.24, 2.45) is 0 Å². The Balaban J connectivity index is 2.03. The second kappa shape index (κ2) is 5.78. The van der Waals surface area contributed by atoms with Gasteiger partial charge in [0.1, 0.15) is 11.6 Å². The van der Waals surface area contributed by atoms with Crippen molar-refractivity contribution in [1.82, 2.24) is 9.97 Å². The molecule has 0 saturated carbocycles. The van der Waals surface area contributed by atoms with E-state index in [9.17, 15) is 18.0 Å². The molecule has 1 heterocycles. The Morgan fingerprint density at radius 3 is 2.24 bits per heavy atom. The molecule has 1 aromatic heterocycles. The molecule has 1 aromatic carbocycles. The Kier molecular flexibility index (Phi) is 4.06. The molecule has 110 valence electrons. The third-order valence-electron chi connectivity index (χ3n) is 2.39. The fourth-order valence-electron chi connectivity index (χ4n) is 1.45. The number of anilines is 1. The number of carbonyl (C=O) groups excluding carboxylic acids is 1. The van der Waals surface area contributed by atoms with Crippen LogP contribution in [0.25, 0.3) is 0 Å². The minimum absolute atomic E-state index is 0.246. The topological polar surface area (TPSA) is 64.1 Å². The molecule has 0 atom stereocenters. The first-order chi connectivity index (χ1) is 9.83. The number of alkyl halides is 3. The van der Waals surface area contributed by atoms with E-state index in [0.717, 1.165) is 12.1 Å². The van der Waals surface area contributed by atoms with Gasteiger partial charge in [0.05, 0.1) is 5.56 Å². The first kappa shape index (κ1) is 14.8. The van der Waals surface area contributed by atoms with Crippen LogP contribution in [0.3, 0.4) is 0 Å². The molecule has 2 aromatic rings. The molecule has 0 bridgehead atoms. The summed E-state index contributed by atoms with van der Waals surface area (Å²) in [6.45, 7) is 1.68. The Morgan fingerprint density at radius 2 is 1.71 bits per heavy atom. The van der Waals surface area contributed by atoms with Crippen LogP contribution in [0.5, 0.6) is 5.75 Å². The van der Waals surface area contributed by atoms with E-state index in [0.29, 0.717) is 11.5 Å². The normalized spacial score (nSPS) is 11.0. The minimum atomic E-state index is -4.75. The molecular weight excluding hydrogens is 287 g/mol. The van der Waals surface area contributed by atoms with Crippen molar-refractivity contribution in [3.05, 3.63) is 48.0 Å². The number of aromatic nitrogens is 2. The average Bonchev–Trinajstić information content (AvgIpc) is 2.40. The molecule has 0 fully saturated rings. The number of hydrogen-bond acceptors (Lipinski definition) is 4. The van der Waals surface area contributed by atoms with Crippen LogP contribution in [0.4, 0.5) is 18.9 Å². The Hall–Kier alpha value is -2.64. The Morgan fingerprint density at radius 1 is 1.14 bits per heavy atom. The number of hydrogen-bond donors (Lipinski definition) is 1. The van der Waals surface area contributed by atoms with Crippen molar-refractivity contribution in [3.63, 3.8) is 0 Å². The molecule has 0 unspecified atom stereocenters. The summed E-state index contributed by atoms with van der Waals surface area (Å²) in [6.07, 6.45) is -2.03. The predicted molar refractivity (Wildman–Crippen MR) is 67.8 cm³/mol. The summed E-state index contributed by atoms with van der Waals surface area (Å²) < 4.78 is 39.7. The van der Waals surface area contributed by atoms with Gasteiger partial charge in [0.15, 0.2) is 0 Å². The highest BCUT2D eigenvalue weighted by Gasteiger charge is 2.30. The Labute approximate surface area is 117 Å². The van der Waals surface area contributed by atoms with Crippen molar-refractivity contribution in [3.8, 4) is 5.75 Å². The lowest BCUT2D eigenvalue weighted by Gasteiger charge is -2.09. The van der Waals surface area contributed by atoms with E-state index < -0.39 is 12.3 Å². The number of carbonyl (C=O) groups is 1. The van der Waals surface area contributed by atoms with E-state index in [1.165, 1.54) is 24.5 Å². The van der Waals surface area contributed by atoms with Crippen molar-refractivity contribution < 1.29 is 22.7 Å². The summed E-state index contributed by atoms with van der Waals surface area (Å²) >= 11 is 0. The summed E-state index contributed by atoms with van der Waals surface area (Å²) in [7, 11) is 0. The standard InChI is InChI=1S/C13H10F3N3O2/c1-8-17-6-9(7-18-8)12(20)19-10-2-4-11(5-3-10)21-13(14,15)16/h2-7H,1H3,(H,19,20). The van der Waals surface area contributed by atoms with Gasteiger partial charge in [-0.25, -0.2) is 9.97 Å². The van der Waals surface area contributed by atoms with E-state index >= 15 is 0 Å². The third kappa shape index (κ3) is 4.44. The second-order valence-corrected chi connectivity index (χ2v) is 4.05. The first-order valence-electron chi connectivity index (χ1n) is 5.79. The lowest BCUT2D eigenvalue weighted by Crippen LogP contribution is -2.17. The summed E-state index contributed by atoms with van der Waals surface area (Å²) in [4.78, 5) is 19.6. The fraction of sp³-hybridized carbons (Fsp3) is 0.154. The second-order valence-electron chi connectivity index (χ2n) is 4.05. The van der Waals surface area contributed by atoms with Gasteiger partial charge in [0.25, 0.3) is 5.91 Å². The summed E-state index contributed by atoms with van der Waals surface area (Å²) in [5.74, 6) is -0.293. The van der Waals surface area contributed by atoms with Gasteiger partial charge in [-0.1, -0.05) is 0 Å². The summed E-state index contributed by atoms with van der Waals surface area (Å²) in [5.41, 5.74) is 0.575. The number of rotatable bonds is 3.